The standard InChI is InChI=1S/C20H22ClN3O3S/c1-2-20(25)24-11-9-23(10-12-24)19-8-4-7-18(14-19)22-28(26,27)15-16-5-3-6-17(21)13-16/h2-8,13-14,22H,1,9-12,15H2. The van der Waals surface area contributed by atoms with Gasteiger partial charge in [-0.1, -0.05) is 36.4 Å². The second-order valence-electron chi connectivity index (χ2n) is 6.56. The average Bonchev–Trinajstić information content (AvgIpc) is 2.67. The molecular weight excluding hydrogens is 398 g/mol. The molecule has 0 aliphatic carbocycles. The van der Waals surface area contributed by atoms with Crippen LogP contribution in [0.2, 0.25) is 5.02 Å². The SMILES string of the molecule is C=CC(=O)N1CCN(c2cccc(NS(=O)(=O)Cc3cccc(Cl)c3)c2)CC1. The molecule has 0 saturated carbocycles. The first-order valence-corrected chi connectivity index (χ1v) is 10.9. The minimum Gasteiger partial charge on any atom is -0.368 e. The highest BCUT2D eigenvalue weighted by Crippen LogP contribution is 2.23. The summed E-state index contributed by atoms with van der Waals surface area (Å²) in [5, 5.41) is 0.503. The number of carbonyl (C=O) groups excluding carboxylic acids is 1. The molecule has 2 aromatic rings. The normalized spacial score (nSPS) is 14.6. The molecule has 0 bridgehead atoms. The van der Waals surface area contributed by atoms with Crippen molar-refractivity contribution >= 4 is 38.9 Å². The maximum Gasteiger partial charge on any atom is 0.246 e. The van der Waals surface area contributed by atoms with Gasteiger partial charge in [-0.3, -0.25) is 9.52 Å². The quantitative estimate of drug-likeness (QED) is 0.730. The van der Waals surface area contributed by atoms with Crippen LogP contribution >= 0.6 is 11.6 Å². The summed E-state index contributed by atoms with van der Waals surface area (Å²) in [4.78, 5) is 15.6. The third kappa shape index (κ3) is 5.27. The minimum atomic E-state index is -3.57. The summed E-state index contributed by atoms with van der Waals surface area (Å²) in [6.45, 7) is 6.09. The van der Waals surface area contributed by atoms with Gasteiger partial charge in [0.15, 0.2) is 0 Å². The van der Waals surface area contributed by atoms with E-state index in [1.807, 2.05) is 12.1 Å². The highest BCUT2D eigenvalue weighted by Gasteiger charge is 2.20. The Kier molecular flexibility index (Phi) is 6.26. The molecule has 0 unspecified atom stereocenters. The average molecular weight is 420 g/mol. The number of nitrogens with zero attached hydrogens (tertiary/aromatic N) is 2. The fourth-order valence-corrected chi connectivity index (χ4v) is 4.53. The Morgan fingerprint density at radius 2 is 1.82 bits per heavy atom. The number of sulfonamides is 1. The first-order valence-electron chi connectivity index (χ1n) is 8.87. The van der Waals surface area contributed by atoms with Gasteiger partial charge in [-0.2, -0.15) is 0 Å². The number of halogens is 1. The number of piperazine rings is 1. The molecule has 0 radical (unpaired) electrons. The molecule has 1 aliphatic heterocycles. The van der Waals surface area contributed by atoms with Gasteiger partial charge in [0.2, 0.25) is 15.9 Å². The van der Waals surface area contributed by atoms with E-state index in [0.717, 1.165) is 5.69 Å². The highest BCUT2D eigenvalue weighted by atomic mass is 35.5. The van der Waals surface area contributed by atoms with Gasteiger partial charge < -0.3 is 9.80 Å². The van der Waals surface area contributed by atoms with Crippen LogP contribution < -0.4 is 9.62 Å². The molecule has 0 spiro atoms. The summed E-state index contributed by atoms with van der Waals surface area (Å²) in [6, 6.07) is 14.1. The van der Waals surface area contributed by atoms with E-state index < -0.39 is 10.0 Å². The number of nitrogens with one attached hydrogen (secondary N) is 1. The van der Waals surface area contributed by atoms with Crippen LogP contribution in [0.4, 0.5) is 11.4 Å². The third-order valence-electron chi connectivity index (χ3n) is 4.50. The maximum atomic E-state index is 12.5. The molecule has 1 saturated heterocycles. The van der Waals surface area contributed by atoms with Gasteiger partial charge >= 0.3 is 0 Å². The predicted octanol–water partition coefficient (Wildman–Crippen LogP) is 3.12. The van der Waals surface area contributed by atoms with Crippen molar-refractivity contribution in [3.05, 3.63) is 71.8 Å². The molecule has 3 rings (SSSR count). The van der Waals surface area contributed by atoms with Crippen molar-refractivity contribution < 1.29 is 13.2 Å². The van der Waals surface area contributed by atoms with Crippen molar-refractivity contribution in [2.75, 3.05) is 35.8 Å². The summed E-state index contributed by atoms with van der Waals surface area (Å²) < 4.78 is 27.6. The third-order valence-corrected chi connectivity index (χ3v) is 5.99. The van der Waals surface area contributed by atoms with Crippen molar-refractivity contribution in [2.24, 2.45) is 0 Å². The number of hydrogen-bond donors (Lipinski definition) is 1. The van der Waals surface area contributed by atoms with Gasteiger partial charge in [-0.05, 0) is 42.0 Å². The lowest BCUT2D eigenvalue weighted by molar-refractivity contribution is -0.126. The van der Waals surface area contributed by atoms with Gasteiger partial charge in [0, 0.05) is 36.9 Å². The molecule has 1 amide bonds. The first kappa shape index (κ1) is 20.2. The summed E-state index contributed by atoms with van der Waals surface area (Å²) in [5.74, 6) is -0.220. The monoisotopic (exact) mass is 419 g/mol. The summed E-state index contributed by atoms with van der Waals surface area (Å²) in [6.07, 6.45) is 1.32. The molecule has 1 aliphatic rings. The van der Waals surface area contributed by atoms with Gasteiger partial charge in [0.05, 0.1) is 11.4 Å². The molecule has 0 atom stereocenters. The second-order valence-corrected chi connectivity index (χ2v) is 8.72. The van der Waals surface area contributed by atoms with Gasteiger partial charge in [0.1, 0.15) is 0 Å². The van der Waals surface area contributed by atoms with Crippen LogP contribution in [0.3, 0.4) is 0 Å². The zero-order valence-corrected chi connectivity index (χ0v) is 16.9. The van der Waals surface area contributed by atoms with E-state index >= 15 is 0 Å². The van der Waals surface area contributed by atoms with Crippen LogP contribution in [0.15, 0.2) is 61.2 Å². The van der Waals surface area contributed by atoms with Gasteiger partial charge in [0.25, 0.3) is 0 Å². The van der Waals surface area contributed by atoms with E-state index in [-0.39, 0.29) is 11.7 Å². The van der Waals surface area contributed by atoms with Crippen molar-refractivity contribution in [3.8, 4) is 0 Å². The van der Waals surface area contributed by atoms with Crippen LogP contribution in [0.1, 0.15) is 5.56 Å². The lowest BCUT2D eigenvalue weighted by Gasteiger charge is -2.35. The molecule has 1 N–H and O–H groups in total. The number of carbonyl (C=O) groups is 1. The molecule has 6 nitrogen and oxygen atoms in total. The Bertz CT molecular complexity index is 970. The summed E-state index contributed by atoms with van der Waals surface area (Å²) in [5.41, 5.74) is 2.04. The van der Waals surface area contributed by atoms with Crippen LogP contribution in [-0.2, 0) is 20.6 Å². The fourth-order valence-electron chi connectivity index (χ4n) is 3.14. The van der Waals surface area contributed by atoms with Crippen LogP contribution in [-0.4, -0.2) is 45.4 Å². The van der Waals surface area contributed by atoms with E-state index in [1.54, 1.807) is 41.3 Å². The van der Waals surface area contributed by atoms with Crippen LogP contribution in [0.25, 0.3) is 0 Å². The van der Waals surface area contributed by atoms with Crippen molar-refractivity contribution in [3.63, 3.8) is 0 Å². The lowest BCUT2D eigenvalue weighted by Crippen LogP contribution is -2.48. The fraction of sp³-hybridized carbons (Fsp3) is 0.250. The molecule has 148 valence electrons. The Labute approximate surface area is 170 Å². The second kappa shape index (κ2) is 8.67. The van der Waals surface area contributed by atoms with E-state index in [1.165, 1.54) is 6.08 Å². The predicted molar refractivity (Wildman–Crippen MR) is 113 cm³/mol. The number of anilines is 2. The number of benzene rings is 2. The highest BCUT2D eigenvalue weighted by molar-refractivity contribution is 7.91. The Balaban J connectivity index is 1.66. The molecule has 28 heavy (non-hydrogen) atoms. The van der Waals surface area contributed by atoms with Crippen molar-refractivity contribution in [1.82, 2.24) is 4.90 Å². The van der Waals surface area contributed by atoms with E-state index in [0.29, 0.717) is 42.5 Å². The Morgan fingerprint density at radius 1 is 1.11 bits per heavy atom. The van der Waals surface area contributed by atoms with Crippen molar-refractivity contribution in [2.45, 2.75) is 5.75 Å². The van der Waals surface area contributed by atoms with Gasteiger partial charge in [-0.25, -0.2) is 8.42 Å². The lowest BCUT2D eigenvalue weighted by atomic mass is 10.2. The smallest absolute Gasteiger partial charge is 0.246 e. The molecule has 1 heterocycles. The number of amides is 1. The van der Waals surface area contributed by atoms with Crippen LogP contribution in [0.5, 0.6) is 0 Å². The number of rotatable bonds is 6. The van der Waals surface area contributed by atoms with E-state index in [2.05, 4.69) is 16.2 Å². The maximum absolute atomic E-state index is 12.5. The Hall–Kier alpha value is -2.51. The van der Waals surface area contributed by atoms with Gasteiger partial charge in [-0.15, -0.1) is 0 Å². The zero-order valence-electron chi connectivity index (χ0n) is 15.3. The first-order chi connectivity index (χ1) is 13.4. The molecule has 8 heteroatoms. The van der Waals surface area contributed by atoms with Crippen molar-refractivity contribution in [1.29, 1.82) is 0 Å². The summed E-state index contributed by atoms with van der Waals surface area (Å²) >= 11 is 5.93. The zero-order chi connectivity index (χ0) is 20.1. The molecular formula is C20H22ClN3O3S. The number of hydrogen-bond acceptors (Lipinski definition) is 4. The summed E-state index contributed by atoms with van der Waals surface area (Å²) in [7, 11) is -3.57. The molecule has 1 fully saturated rings. The molecule has 0 aromatic heterocycles. The Morgan fingerprint density at radius 3 is 2.50 bits per heavy atom. The topological polar surface area (TPSA) is 69.7 Å². The minimum absolute atomic E-state index is 0.0674. The molecule has 2 aromatic carbocycles. The largest absolute Gasteiger partial charge is 0.368 e. The van der Waals surface area contributed by atoms with Crippen LogP contribution in [0, 0.1) is 0 Å². The van der Waals surface area contributed by atoms with E-state index in [9.17, 15) is 13.2 Å². The van der Waals surface area contributed by atoms with E-state index in [4.69, 9.17) is 11.6 Å².